The number of nitrogens with one attached hydrogen (secondary N) is 1. The molecule has 0 bridgehead atoms. The number of halogens is 1. The topological polar surface area (TPSA) is 64.6 Å². The van der Waals surface area contributed by atoms with Crippen LogP contribution in [0.2, 0.25) is 5.02 Å². The molecular formula is C20H22ClNO4S. The molecular weight excluding hydrogens is 386 g/mol. The van der Waals surface area contributed by atoms with E-state index in [2.05, 4.69) is 5.32 Å². The van der Waals surface area contributed by atoms with Crippen LogP contribution in [0.1, 0.15) is 41.9 Å². The largest absolute Gasteiger partial charge is 0.459 e. The highest BCUT2D eigenvalue weighted by molar-refractivity contribution is 7.17. The zero-order chi connectivity index (χ0) is 19.6. The highest BCUT2D eigenvalue weighted by atomic mass is 35.5. The molecule has 7 heteroatoms. The average molecular weight is 408 g/mol. The number of anilines is 1. The average Bonchev–Trinajstić information content (AvgIpc) is 3.23. The number of rotatable bonds is 5. The summed E-state index contributed by atoms with van der Waals surface area (Å²) in [5.74, 6) is -0.683. The van der Waals surface area contributed by atoms with E-state index in [0.29, 0.717) is 28.6 Å². The molecule has 27 heavy (non-hydrogen) atoms. The Kier molecular flexibility index (Phi) is 6.19. The lowest BCUT2D eigenvalue weighted by atomic mass is 10.0. The number of thiophene rings is 1. The molecule has 0 aliphatic carbocycles. The van der Waals surface area contributed by atoms with Crippen molar-refractivity contribution in [3.8, 4) is 11.1 Å². The Hall–Kier alpha value is -1.89. The lowest BCUT2D eigenvalue weighted by Gasteiger charge is -2.13. The van der Waals surface area contributed by atoms with E-state index in [9.17, 15) is 9.59 Å². The van der Waals surface area contributed by atoms with Crippen LogP contribution >= 0.6 is 22.9 Å². The number of benzene rings is 1. The van der Waals surface area contributed by atoms with Gasteiger partial charge in [0, 0.05) is 22.1 Å². The molecule has 1 aliphatic rings. The minimum Gasteiger partial charge on any atom is -0.459 e. The number of amides is 1. The van der Waals surface area contributed by atoms with Gasteiger partial charge >= 0.3 is 5.97 Å². The molecule has 2 aromatic rings. The lowest BCUT2D eigenvalue weighted by molar-refractivity contribution is -0.124. The molecule has 5 nitrogen and oxygen atoms in total. The van der Waals surface area contributed by atoms with Crippen molar-refractivity contribution >= 4 is 39.8 Å². The number of hydrogen-bond acceptors (Lipinski definition) is 5. The molecule has 1 atom stereocenters. The van der Waals surface area contributed by atoms with Gasteiger partial charge in [0.25, 0.3) is 5.91 Å². The minimum atomic E-state index is -0.472. The van der Waals surface area contributed by atoms with Gasteiger partial charge in [-0.1, -0.05) is 23.7 Å². The first-order valence-electron chi connectivity index (χ1n) is 8.89. The van der Waals surface area contributed by atoms with Crippen LogP contribution in [0.4, 0.5) is 5.00 Å². The third-order valence-electron chi connectivity index (χ3n) is 4.22. The van der Waals surface area contributed by atoms with E-state index in [-0.39, 0.29) is 12.0 Å². The van der Waals surface area contributed by atoms with Gasteiger partial charge < -0.3 is 14.8 Å². The molecule has 3 rings (SSSR count). The van der Waals surface area contributed by atoms with Gasteiger partial charge in [-0.3, -0.25) is 4.79 Å². The molecule has 1 N–H and O–H groups in total. The summed E-state index contributed by atoms with van der Waals surface area (Å²) in [7, 11) is 0. The van der Waals surface area contributed by atoms with Crippen molar-refractivity contribution in [1.82, 2.24) is 0 Å². The van der Waals surface area contributed by atoms with Crippen molar-refractivity contribution in [2.45, 2.75) is 45.8 Å². The number of ether oxygens (including phenoxy) is 2. The fraction of sp³-hybridized carbons (Fsp3) is 0.400. The molecule has 1 fully saturated rings. The summed E-state index contributed by atoms with van der Waals surface area (Å²) in [4.78, 5) is 26.3. The Balaban J connectivity index is 2.01. The first-order chi connectivity index (χ1) is 12.9. The number of esters is 1. The van der Waals surface area contributed by atoms with Crippen LogP contribution in [0.25, 0.3) is 11.1 Å². The summed E-state index contributed by atoms with van der Waals surface area (Å²) in [6.07, 6.45) is 0.809. The first kappa shape index (κ1) is 19.9. The summed E-state index contributed by atoms with van der Waals surface area (Å²) in [5.41, 5.74) is 1.98. The predicted molar refractivity (Wildman–Crippen MR) is 108 cm³/mol. The van der Waals surface area contributed by atoms with Gasteiger partial charge in [0.2, 0.25) is 0 Å². The fourth-order valence-electron chi connectivity index (χ4n) is 3.04. The van der Waals surface area contributed by atoms with E-state index < -0.39 is 12.1 Å². The summed E-state index contributed by atoms with van der Waals surface area (Å²) < 4.78 is 10.9. The molecule has 0 spiro atoms. The Morgan fingerprint density at radius 2 is 2.00 bits per heavy atom. The molecule has 1 aromatic carbocycles. The van der Waals surface area contributed by atoms with Gasteiger partial charge in [-0.05, 0) is 51.3 Å². The maximum atomic E-state index is 12.8. The molecule has 1 unspecified atom stereocenters. The second kappa shape index (κ2) is 8.42. The summed E-state index contributed by atoms with van der Waals surface area (Å²) in [5, 5.41) is 3.98. The molecule has 1 saturated heterocycles. The lowest BCUT2D eigenvalue weighted by Crippen LogP contribution is -2.27. The minimum absolute atomic E-state index is 0.227. The molecule has 1 amide bonds. The van der Waals surface area contributed by atoms with E-state index >= 15 is 0 Å². The van der Waals surface area contributed by atoms with Crippen molar-refractivity contribution in [3.63, 3.8) is 0 Å². The van der Waals surface area contributed by atoms with E-state index in [1.54, 1.807) is 26.0 Å². The van der Waals surface area contributed by atoms with Gasteiger partial charge in [0.1, 0.15) is 16.7 Å². The van der Waals surface area contributed by atoms with Crippen LogP contribution in [-0.4, -0.2) is 30.7 Å². The van der Waals surface area contributed by atoms with E-state index in [4.69, 9.17) is 21.1 Å². The third-order valence-corrected chi connectivity index (χ3v) is 5.50. The van der Waals surface area contributed by atoms with Crippen LogP contribution in [0.5, 0.6) is 0 Å². The van der Waals surface area contributed by atoms with Crippen molar-refractivity contribution < 1.29 is 19.1 Å². The summed E-state index contributed by atoms with van der Waals surface area (Å²) >= 11 is 7.36. The predicted octanol–water partition coefficient (Wildman–Crippen LogP) is 5.06. The van der Waals surface area contributed by atoms with E-state index in [0.717, 1.165) is 22.4 Å². The normalized spacial score (nSPS) is 16.6. The standard InChI is InChI=1S/C20H22ClNO4S/c1-11(2)26-20(24)17-16(13-6-8-14(21)9-7-13)12(3)27-19(17)22-18(23)15-5-4-10-25-15/h6-9,11,15H,4-5,10H2,1-3H3,(H,22,23). The molecule has 1 aliphatic heterocycles. The monoisotopic (exact) mass is 407 g/mol. The van der Waals surface area contributed by atoms with Crippen molar-refractivity contribution in [2.24, 2.45) is 0 Å². The maximum absolute atomic E-state index is 12.8. The Morgan fingerprint density at radius 1 is 1.30 bits per heavy atom. The zero-order valence-electron chi connectivity index (χ0n) is 15.5. The van der Waals surface area contributed by atoms with Crippen LogP contribution in [0, 0.1) is 6.92 Å². The summed E-state index contributed by atoms with van der Waals surface area (Å²) in [6.45, 7) is 6.09. The number of aryl methyl sites for hydroxylation is 1. The van der Waals surface area contributed by atoms with Gasteiger partial charge in [-0.15, -0.1) is 11.3 Å². The van der Waals surface area contributed by atoms with Crippen molar-refractivity contribution in [3.05, 3.63) is 39.7 Å². The van der Waals surface area contributed by atoms with Gasteiger partial charge in [0.15, 0.2) is 0 Å². The Morgan fingerprint density at radius 3 is 2.59 bits per heavy atom. The maximum Gasteiger partial charge on any atom is 0.342 e. The Labute approximate surface area is 167 Å². The number of hydrogen-bond donors (Lipinski definition) is 1. The van der Waals surface area contributed by atoms with Crippen molar-refractivity contribution in [1.29, 1.82) is 0 Å². The molecule has 0 saturated carbocycles. The summed E-state index contributed by atoms with van der Waals surface area (Å²) in [6, 6.07) is 7.26. The van der Waals surface area contributed by atoms with Crippen LogP contribution < -0.4 is 5.32 Å². The van der Waals surface area contributed by atoms with Gasteiger partial charge in [0.05, 0.1) is 6.10 Å². The molecule has 144 valence electrons. The van der Waals surface area contributed by atoms with Crippen molar-refractivity contribution in [2.75, 3.05) is 11.9 Å². The van der Waals surface area contributed by atoms with Crippen LogP contribution in [0.3, 0.4) is 0 Å². The SMILES string of the molecule is Cc1sc(NC(=O)C2CCCO2)c(C(=O)OC(C)C)c1-c1ccc(Cl)cc1. The smallest absolute Gasteiger partial charge is 0.342 e. The highest BCUT2D eigenvalue weighted by Gasteiger charge is 2.29. The highest BCUT2D eigenvalue weighted by Crippen LogP contribution is 2.41. The third kappa shape index (κ3) is 4.51. The van der Waals surface area contributed by atoms with Crippen LogP contribution in [-0.2, 0) is 14.3 Å². The van der Waals surface area contributed by atoms with Gasteiger partial charge in [-0.25, -0.2) is 4.79 Å². The first-order valence-corrected chi connectivity index (χ1v) is 10.1. The van der Waals surface area contributed by atoms with Crippen LogP contribution in [0.15, 0.2) is 24.3 Å². The quantitative estimate of drug-likeness (QED) is 0.703. The van der Waals surface area contributed by atoms with E-state index in [1.807, 2.05) is 19.1 Å². The fourth-order valence-corrected chi connectivity index (χ4v) is 4.23. The van der Waals surface area contributed by atoms with E-state index in [1.165, 1.54) is 11.3 Å². The molecule has 2 heterocycles. The number of carbonyl (C=O) groups is 2. The number of carbonyl (C=O) groups excluding carboxylic acids is 2. The molecule has 1 aromatic heterocycles. The Bertz CT molecular complexity index is 838. The second-order valence-corrected chi connectivity index (χ2v) is 8.35. The second-order valence-electron chi connectivity index (χ2n) is 6.69. The zero-order valence-corrected chi connectivity index (χ0v) is 17.1. The van der Waals surface area contributed by atoms with Gasteiger partial charge in [-0.2, -0.15) is 0 Å². The molecule has 0 radical (unpaired) electrons.